The van der Waals surface area contributed by atoms with Gasteiger partial charge < -0.3 is 0 Å². The third kappa shape index (κ3) is 2.63. The molecule has 0 aromatic heterocycles. The van der Waals surface area contributed by atoms with Crippen LogP contribution >= 0.6 is 0 Å². The molecule has 0 aromatic rings. The molecule has 2 atom stereocenters. The second-order valence-electron chi connectivity index (χ2n) is 5.00. The van der Waals surface area contributed by atoms with Crippen LogP contribution in [0.3, 0.4) is 0 Å². The Bertz CT molecular complexity index is 377. The number of carbonyl (C=O) groups is 1. The largest absolute Gasteiger partial charge is 0.300 e. The van der Waals surface area contributed by atoms with Crippen molar-refractivity contribution in [3.8, 4) is 0 Å². The van der Waals surface area contributed by atoms with Gasteiger partial charge in [0, 0.05) is 18.5 Å². The van der Waals surface area contributed by atoms with E-state index in [4.69, 9.17) is 0 Å². The number of carbonyl (C=O) groups excluding carboxylic acids is 1. The lowest BCUT2D eigenvalue weighted by Gasteiger charge is -2.35. The van der Waals surface area contributed by atoms with Crippen LogP contribution in [0.1, 0.15) is 26.2 Å². The molecule has 16 heavy (non-hydrogen) atoms. The molecule has 2 aliphatic heterocycles. The van der Waals surface area contributed by atoms with Gasteiger partial charge in [0.15, 0.2) is 9.84 Å². The predicted octanol–water partition coefficient (Wildman–Crippen LogP) is 0.475. The summed E-state index contributed by atoms with van der Waals surface area (Å²) in [6.45, 7) is 3.35. The average molecular weight is 245 g/mol. The van der Waals surface area contributed by atoms with Crippen LogP contribution in [0, 0.1) is 5.92 Å². The van der Waals surface area contributed by atoms with Crippen molar-refractivity contribution in [3.05, 3.63) is 0 Å². The van der Waals surface area contributed by atoms with E-state index in [1.807, 2.05) is 0 Å². The van der Waals surface area contributed by atoms with Gasteiger partial charge >= 0.3 is 0 Å². The fourth-order valence-electron chi connectivity index (χ4n) is 2.73. The molecular weight excluding hydrogens is 226 g/mol. The number of hydrogen-bond acceptors (Lipinski definition) is 4. The quantitative estimate of drug-likeness (QED) is 0.710. The van der Waals surface area contributed by atoms with E-state index in [0.717, 1.165) is 32.4 Å². The number of likely N-dealkylation sites (tertiary alicyclic amines) is 1. The molecule has 2 unspecified atom stereocenters. The van der Waals surface area contributed by atoms with Crippen LogP contribution in [0.25, 0.3) is 0 Å². The Morgan fingerprint density at radius 2 is 2.06 bits per heavy atom. The van der Waals surface area contributed by atoms with Gasteiger partial charge in [-0.3, -0.25) is 9.69 Å². The molecule has 92 valence electrons. The second-order valence-corrected chi connectivity index (χ2v) is 7.23. The van der Waals surface area contributed by atoms with Crippen molar-refractivity contribution in [2.24, 2.45) is 5.92 Å². The van der Waals surface area contributed by atoms with Gasteiger partial charge in [0.05, 0.1) is 11.5 Å². The normalized spacial score (nSPS) is 35.1. The first-order valence-electron chi connectivity index (χ1n) is 5.93. The van der Waals surface area contributed by atoms with Crippen molar-refractivity contribution < 1.29 is 13.2 Å². The van der Waals surface area contributed by atoms with Crippen molar-refractivity contribution in [2.45, 2.75) is 32.2 Å². The average Bonchev–Trinajstić information content (AvgIpc) is 2.59. The highest BCUT2D eigenvalue weighted by Gasteiger charge is 2.35. The lowest BCUT2D eigenvalue weighted by Crippen LogP contribution is -2.44. The Hall–Kier alpha value is -0.420. The fourth-order valence-corrected chi connectivity index (χ4v) is 4.49. The maximum absolute atomic E-state index is 11.4. The van der Waals surface area contributed by atoms with Crippen LogP contribution in [0.2, 0.25) is 0 Å². The molecule has 2 rings (SSSR count). The fraction of sp³-hybridized carbons (Fsp3) is 0.909. The molecule has 0 spiro atoms. The van der Waals surface area contributed by atoms with E-state index in [9.17, 15) is 13.2 Å². The van der Waals surface area contributed by atoms with Gasteiger partial charge in [-0.2, -0.15) is 0 Å². The number of sulfone groups is 1. The number of hydrogen-bond donors (Lipinski definition) is 0. The summed E-state index contributed by atoms with van der Waals surface area (Å²) in [6.07, 6.45) is 2.72. The smallest absolute Gasteiger partial charge is 0.151 e. The summed E-state index contributed by atoms with van der Waals surface area (Å²) in [5.41, 5.74) is 0. The highest BCUT2D eigenvalue weighted by Crippen LogP contribution is 2.24. The number of ketones is 1. The molecule has 2 saturated heterocycles. The maximum atomic E-state index is 11.4. The number of nitrogens with zero attached hydrogens (tertiary/aromatic N) is 1. The minimum atomic E-state index is -2.81. The molecule has 0 N–H and O–H groups in total. The summed E-state index contributed by atoms with van der Waals surface area (Å²) in [5, 5.41) is 0. The topological polar surface area (TPSA) is 54.5 Å². The zero-order valence-electron chi connectivity index (χ0n) is 9.68. The van der Waals surface area contributed by atoms with Crippen LogP contribution < -0.4 is 0 Å². The summed E-state index contributed by atoms with van der Waals surface area (Å²) in [6, 6.07) is 0.159. The summed E-state index contributed by atoms with van der Waals surface area (Å²) in [7, 11) is -2.81. The standard InChI is InChI=1S/C11H19NO3S/c1-9(13)10-3-2-5-12(7-10)11-4-6-16(14,15)8-11/h10-11H,2-8H2,1H3. The first-order valence-corrected chi connectivity index (χ1v) is 7.75. The van der Waals surface area contributed by atoms with Crippen molar-refractivity contribution in [2.75, 3.05) is 24.6 Å². The van der Waals surface area contributed by atoms with E-state index in [-0.39, 0.29) is 23.5 Å². The summed E-state index contributed by atoms with van der Waals surface area (Å²) >= 11 is 0. The van der Waals surface area contributed by atoms with Gasteiger partial charge in [0.1, 0.15) is 5.78 Å². The van der Waals surface area contributed by atoms with E-state index in [1.54, 1.807) is 6.92 Å². The molecule has 0 radical (unpaired) electrons. The first kappa shape index (κ1) is 12.0. The molecule has 2 fully saturated rings. The van der Waals surface area contributed by atoms with Crippen LogP contribution in [0.15, 0.2) is 0 Å². The molecule has 0 amide bonds. The minimum Gasteiger partial charge on any atom is -0.300 e. The molecule has 0 bridgehead atoms. The Kier molecular flexibility index (Phi) is 3.35. The SMILES string of the molecule is CC(=O)C1CCCN(C2CCS(=O)(=O)C2)C1. The molecule has 4 nitrogen and oxygen atoms in total. The maximum Gasteiger partial charge on any atom is 0.151 e. The number of Topliss-reactive ketones (excluding diaryl/α,β-unsaturated/α-hetero) is 1. The van der Waals surface area contributed by atoms with Gasteiger partial charge in [0.25, 0.3) is 0 Å². The van der Waals surface area contributed by atoms with Gasteiger partial charge in [-0.25, -0.2) is 8.42 Å². The molecule has 0 aliphatic carbocycles. The van der Waals surface area contributed by atoms with Gasteiger partial charge in [0.2, 0.25) is 0 Å². The third-order valence-electron chi connectivity index (χ3n) is 3.75. The van der Waals surface area contributed by atoms with Gasteiger partial charge in [-0.15, -0.1) is 0 Å². The van der Waals surface area contributed by atoms with Crippen molar-refractivity contribution >= 4 is 15.6 Å². The summed E-state index contributed by atoms with van der Waals surface area (Å²) < 4.78 is 22.8. The Morgan fingerprint density at radius 3 is 2.62 bits per heavy atom. The van der Waals surface area contributed by atoms with E-state index in [0.29, 0.717) is 5.75 Å². The number of rotatable bonds is 2. The Morgan fingerprint density at radius 1 is 1.31 bits per heavy atom. The molecule has 2 heterocycles. The monoisotopic (exact) mass is 245 g/mol. The van der Waals surface area contributed by atoms with Crippen molar-refractivity contribution in [1.29, 1.82) is 0 Å². The molecule has 2 aliphatic rings. The zero-order valence-corrected chi connectivity index (χ0v) is 10.5. The van der Waals surface area contributed by atoms with Crippen LogP contribution in [0.4, 0.5) is 0 Å². The summed E-state index contributed by atoms with van der Waals surface area (Å²) in [4.78, 5) is 13.6. The summed E-state index contributed by atoms with van der Waals surface area (Å²) in [5.74, 6) is 0.971. The zero-order chi connectivity index (χ0) is 11.8. The highest BCUT2D eigenvalue weighted by atomic mass is 32.2. The predicted molar refractivity (Wildman–Crippen MR) is 62.0 cm³/mol. The van der Waals surface area contributed by atoms with Crippen LogP contribution in [-0.4, -0.2) is 49.7 Å². The third-order valence-corrected chi connectivity index (χ3v) is 5.50. The Labute approximate surface area is 96.9 Å². The minimum absolute atomic E-state index is 0.122. The molecule has 5 heteroatoms. The van der Waals surface area contributed by atoms with E-state index in [1.165, 1.54) is 0 Å². The van der Waals surface area contributed by atoms with Crippen molar-refractivity contribution in [1.82, 2.24) is 4.90 Å². The van der Waals surface area contributed by atoms with E-state index < -0.39 is 9.84 Å². The first-order chi connectivity index (χ1) is 7.48. The molecular formula is C11H19NO3S. The molecule has 0 aromatic carbocycles. The van der Waals surface area contributed by atoms with Gasteiger partial charge in [-0.1, -0.05) is 0 Å². The van der Waals surface area contributed by atoms with E-state index >= 15 is 0 Å². The van der Waals surface area contributed by atoms with Crippen molar-refractivity contribution in [3.63, 3.8) is 0 Å². The Balaban J connectivity index is 1.98. The van der Waals surface area contributed by atoms with E-state index in [2.05, 4.69) is 4.90 Å². The molecule has 0 saturated carbocycles. The number of piperidine rings is 1. The highest BCUT2D eigenvalue weighted by molar-refractivity contribution is 7.91. The lowest BCUT2D eigenvalue weighted by molar-refractivity contribution is -0.122. The van der Waals surface area contributed by atoms with Crippen LogP contribution in [-0.2, 0) is 14.6 Å². The van der Waals surface area contributed by atoms with Crippen LogP contribution in [0.5, 0.6) is 0 Å². The lowest BCUT2D eigenvalue weighted by atomic mass is 9.93. The second kappa shape index (κ2) is 4.45. The van der Waals surface area contributed by atoms with Gasteiger partial charge in [-0.05, 0) is 32.7 Å².